The Morgan fingerprint density at radius 2 is 1.00 bits per heavy atom. The van der Waals surface area contributed by atoms with Gasteiger partial charge < -0.3 is 0 Å². The molecule has 0 aliphatic heterocycles. The van der Waals surface area contributed by atoms with Crippen molar-refractivity contribution >= 4 is 20.4 Å². The highest BCUT2D eigenvalue weighted by molar-refractivity contribution is 6.34. The van der Waals surface area contributed by atoms with Crippen molar-refractivity contribution in [2.45, 2.75) is 9.10 Å². The van der Waals surface area contributed by atoms with E-state index in [9.17, 15) is 0 Å². The number of hydrogen-bond donors (Lipinski definition) is 0. The third-order valence-corrected chi connectivity index (χ3v) is 4.48. The van der Waals surface area contributed by atoms with Gasteiger partial charge in [-0.15, -0.1) is 9.10 Å². The van der Waals surface area contributed by atoms with Crippen LogP contribution in [0.25, 0.3) is 0 Å². The van der Waals surface area contributed by atoms with E-state index in [0.29, 0.717) is 0 Å². The minimum Gasteiger partial charge on any atom is -0.121 e. The van der Waals surface area contributed by atoms with Gasteiger partial charge in [-0.05, 0) is 0 Å². The lowest BCUT2D eigenvalue weighted by Crippen LogP contribution is -2.01. The summed E-state index contributed by atoms with van der Waals surface area (Å²) in [5.41, 5.74) is 3.00. The van der Waals surface area contributed by atoms with E-state index < -0.39 is 0 Å². The summed E-state index contributed by atoms with van der Waals surface area (Å²) in [6, 6.07) is 21.6. The van der Waals surface area contributed by atoms with Gasteiger partial charge in [0, 0.05) is 0 Å². The minimum atomic E-state index is 0.0148. The molecule has 0 aliphatic carbocycles. The molecule has 0 saturated carbocycles. The summed E-state index contributed by atoms with van der Waals surface area (Å²) in [5.74, 6) is 0. The van der Waals surface area contributed by atoms with Crippen LogP contribution in [0.1, 0.15) is 11.1 Å². The molecule has 0 saturated heterocycles. The largest absolute Gasteiger partial charge is 0.377 e. The molecule has 0 nitrogen and oxygen atoms in total. The Labute approximate surface area is 101 Å². The molecule has 0 aromatic heterocycles. The molecule has 2 rings (SSSR count). The molecule has 0 atom stereocenters. The van der Waals surface area contributed by atoms with Gasteiger partial charge in [-0.3, -0.25) is 0 Å². The van der Waals surface area contributed by atoms with E-state index in [1.54, 1.807) is 0 Å². The van der Waals surface area contributed by atoms with Crippen molar-refractivity contribution in [1.29, 1.82) is 0 Å². The Balaban J connectivity index is 1.81. The molecule has 0 fully saturated rings. The third kappa shape index (κ3) is 3.69. The van der Waals surface area contributed by atoms with Crippen LogP contribution >= 0.6 is 0 Å². The smallest absolute Gasteiger partial charge is 0.121 e. The van der Waals surface area contributed by atoms with Crippen LogP contribution in [0, 0.1) is 0 Å². The van der Waals surface area contributed by atoms with Crippen molar-refractivity contribution in [3.05, 3.63) is 71.8 Å². The van der Waals surface area contributed by atoms with Crippen molar-refractivity contribution < 1.29 is 0 Å². The maximum atomic E-state index is 2.23. The highest BCUT2D eigenvalue weighted by atomic mass is 24.5. The number of hydrogen-bond acceptors (Lipinski definition) is 0. The number of benzene rings is 2. The average Bonchev–Trinajstić information content (AvgIpc) is 2.32. The fourth-order valence-electron chi connectivity index (χ4n) is 1.79. The molecule has 0 spiro atoms. The molecule has 2 aromatic carbocycles. The zero-order valence-corrected chi connectivity index (χ0v) is 10.3. The maximum absolute atomic E-state index is 2.23. The van der Waals surface area contributed by atoms with Gasteiger partial charge >= 0.3 is 20.4 Å². The van der Waals surface area contributed by atoms with E-state index in [2.05, 4.69) is 60.7 Å². The first-order chi connectivity index (χ1) is 7.45. The fourth-order valence-corrected chi connectivity index (χ4v) is 3.45. The zero-order valence-electron chi connectivity index (χ0n) is 8.89. The minimum absolute atomic E-state index is 0.0148. The van der Waals surface area contributed by atoms with Crippen molar-refractivity contribution in [2.75, 3.05) is 0 Å². The van der Waals surface area contributed by atoms with Crippen LogP contribution in [-0.4, -0.2) is 20.4 Å². The van der Waals surface area contributed by atoms with Crippen molar-refractivity contribution in [2.24, 2.45) is 0 Å². The van der Waals surface area contributed by atoms with Crippen LogP contribution in [0.15, 0.2) is 60.7 Å². The quantitative estimate of drug-likeness (QED) is 0.675. The van der Waals surface area contributed by atoms with E-state index >= 15 is 0 Å². The molecule has 0 bridgehead atoms. The second-order valence-corrected chi connectivity index (χ2v) is 5.53. The molecule has 0 aliphatic rings. The third-order valence-electron chi connectivity index (χ3n) is 2.62. The SMILES string of the molecule is c1ccc([CH2][Mg][CH2]c2ccccc2)cc1. The van der Waals surface area contributed by atoms with Crippen LogP contribution in [0.3, 0.4) is 0 Å². The lowest BCUT2D eigenvalue weighted by atomic mass is 10.2. The van der Waals surface area contributed by atoms with Crippen molar-refractivity contribution in [3.8, 4) is 0 Å². The summed E-state index contributed by atoms with van der Waals surface area (Å²) in [6.07, 6.45) is 0. The first kappa shape index (κ1) is 10.7. The predicted molar refractivity (Wildman–Crippen MR) is 66.0 cm³/mol. The summed E-state index contributed by atoms with van der Waals surface area (Å²) >= 11 is 0.0148. The molecule has 0 unspecified atom stereocenters. The summed E-state index contributed by atoms with van der Waals surface area (Å²) in [4.78, 5) is 0. The van der Waals surface area contributed by atoms with E-state index in [-0.39, 0.29) is 20.4 Å². The molecule has 0 amide bonds. The Bertz CT molecular complexity index is 341. The Morgan fingerprint density at radius 1 is 0.600 bits per heavy atom. The lowest BCUT2D eigenvalue weighted by molar-refractivity contribution is 1.30. The predicted octanol–water partition coefficient (Wildman–Crippen LogP) is 3.09. The Morgan fingerprint density at radius 3 is 1.40 bits per heavy atom. The van der Waals surface area contributed by atoms with Crippen LogP contribution in [0.4, 0.5) is 0 Å². The standard InChI is InChI=1S/2C7H7.Mg/c2*1-7-5-3-2-4-6-7;/h2*2-6H,1H2;. The molecular formula is C14H14Mg. The molecule has 1 heteroatoms. The van der Waals surface area contributed by atoms with Crippen LogP contribution in [0.5, 0.6) is 0 Å². The van der Waals surface area contributed by atoms with Gasteiger partial charge in [0.05, 0.1) is 0 Å². The highest BCUT2D eigenvalue weighted by Crippen LogP contribution is 2.02. The van der Waals surface area contributed by atoms with Gasteiger partial charge in [-0.25, -0.2) is 0 Å². The fraction of sp³-hybridized carbons (Fsp3) is 0.143. The molecule has 0 N–H and O–H groups in total. The lowest BCUT2D eigenvalue weighted by Gasteiger charge is -1.99. The summed E-state index contributed by atoms with van der Waals surface area (Å²) in [7, 11) is 0. The van der Waals surface area contributed by atoms with Gasteiger partial charge in [0.2, 0.25) is 0 Å². The van der Waals surface area contributed by atoms with Gasteiger partial charge in [0.25, 0.3) is 0 Å². The van der Waals surface area contributed by atoms with E-state index in [0.717, 1.165) is 0 Å². The van der Waals surface area contributed by atoms with Crippen LogP contribution in [-0.2, 0) is 9.10 Å². The van der Waals surface area contributed by atoms with Gasteiger partial charge in [-0.2, -0.15) is 0 Å². The zero-order chi connectivity index (χ0) is 10.3. The molecular weight excluding hydrogens is 192 g/mol. The summed E-state index contributed by atoms with van der Waals surface area (Å²) in [6.45, 7) is 0. The summed E-state index contributed by atoms with van der Waals surface area (Å²) < 4.78 is 2.63. The van der Waals surface area contributed by atoms with Crippen molar-refractivity contribution in [1.82, 2.24) is 0 Å². The average molecular weight is 207 g/mol. The summed E-state index contributed by atoms with van der Waals surface area (Å²) in [5, 5.41) is 0. The van der Waals surface area contributed by atoms with Gasteiger partial charge in [0.15, 0.2) is 0 Å². The highest BCUT2D eigenvalue weighted by Gasteiger charge is 1.98. The molecule has 2 aromatic rings. The Kier molecular flexibility index (Phi) is 4.24. The van der Waals surface area contributed by atoms with E-state index in [1.807, 2.05) is 0 Å². The van der Waals surface area contributed by atoms with Gasteiger partial charge in [0.1, 0.15) is 0 Å². The molecule has 0 radical (unpaired) electrons. The molecule has 72 valence electrons. The molecule has 0 heterocycles. The normalized spacial score (nSPS) is 9.60. The van der Waals surface area contributed by atoms with E-state index in [4.69, 9.17) is 0 Å². The maximum Gasteiger partial charge on any atom is 0.377 e. The topological polar surface area (TPSA) is 0 Å². The van der Waals surface area contributed by atoms with Gasteiger partial charge in [-0.1, -0.05) is 71.8 Å². The van der Waals surface area contributed by atoms with E-state index in [1.165, 1.54) is 20.2 Å². The second kappa shape index (κ2) is 5.94. The number of rotatable bonds is 4. The second-order valence-electron chi connectivity index (χ2n) is 3.82. The van der Waals surface area contributed by atoms with Crippen molar-refractivity contribution in [3.63, 3.8) is 0 Å². The first-order valence-corrected chi connectivity index (χ1v) is 7.53. The Hall–Kier alpha value is -0.794. The van der Waals surface area contributed by atoms with Crippen LogP contribution in [0.2, 0.25) is 0 Å². The monoisotopic (exact) mass is 206 g/mol. The van der Waals surface area contributed by atoms with Crippen LogP contribution < -0.4 is 0 Å². The first-order valence-electron chi connectivity index (χ1n) is 5.53. The molecule has 15 heavy (non-hydrogen) atoms.